The normalized spacial score (nSPS) is 18.1. The van der Waals surface area contributed by atoms with E-state index in [1.165, 1.54) is 22.5 Å². The van der Waals surface area contributed by atoms with Gasteiger partial charge in [0.1, 0.15) is 0 Å². The van der Waals surface area contributed by atoms with Gasteiger partial charge < -0.3 is 14.8 Å². The molecule has 4 aromatic rings. The molecule has 6 heteroatoms. The molecular formula is C26H25N5S. The van der Waals surface area contributed by atoms with Gasteiger partial charge in [0.05, 0.1) is 29.7 Å². The van der Waals surface area contributed by atoms with Crippen LogP contribution in [-0.4, -0.2) is 24.5 Å². The van der Waals surface area contributed by atoms with Crippen LogP contribution in [0, 0.1) is 13.8 Å². The summed E-state index contributed by atoms with van der Waals surface area (Å²) in [6.45, 7) is 5.05. The molecule has 3 aromatic heterocycles. The highest BCUT2D eigenvalue weighted by molar-refractivity contribution is 7.80. The number of aromatic nitrogens is 3. The summed E-state index contributed by atoms with van der Waals surface area (Å²) in [6.07, 6.45) is 5.55. The maximum Gasteiger partial charge on any atom is 0.170 e. The lowest BCUT2D eigenvalue weighted by molar-refractivity contribution is 0.310. The molecule has 4 heterocycles. The maximum absolute atomic E-state index is 5.84. The molecule has 1 fully saturated rings. The van der Waals surface area contributed by atoms with Gasteiger partial charge in [-0.3, -0.25) is 9.97 Å². The Kier molecular flexibility index (Phi) is 5.45. The second-order valence-corrected chi connectivity index (χ2v) is 8.50. The van der Waals surface area contributed by atoms with Crippen molar-refractivity contribution < 1.29 is 0 Å². The van der Waals surface area contributed by atoms with Gasteiger partial charge in [-0.1, -0.05) is 36.4 Å². The minimum atomic E-state index is -0.0322. The van der Waals surface area contributed by atoms with E-state index in [0.29, 0.717) is 0 Å². The smallest absolute Gasteiger partial charge is 0.170 e. The van der Waals surface area contributed by atoms with Gasteiger partial charge in [0.15, 0.2) is 5.11 Å². The quantitative estimate of drug-likeness (QED) is 0.441. The summed E-state index contributed by atoms with van der Waals surface area (Å²) in [7, 11) is 0. The first-order valence-electron chi connectivity index (χ1n) is 10.7. The summed E-state index contributed by atoms with van der Waals surface area (Å²) in [5.41, 5.74) is 6.87. The van der Waals surface area contributed by atoms with Crippen molar-refractivity contribution in [2.75, 3.05) is 0 Å². The van der Waals surface area contributed by atoms with Gasteiger partial charge in [0.25, 0.3) is 0 Å². The number of rotatable bonds is 5. The van der Waals surface area contributed by atoms with E-state index < -0.39 is 0 Å². The van der Waals surface area contributed by atoms with Crippen molar-refractivity contribution in [3.8, 4) is 5.69 Å². The van der Waals surface area contributed by atoms with Gasteiger partial charge in [0.2, 0.25) is 0 Å². The fraction of sp³-hybridized carbons (Fsp3) is 0.192. The Morgan fingerprint density at radius 2 is 1.78 bits per heavy atom. The molecule has 0 spiro atoms. The van der Waals surface area contributed by atoms with Gasteiger partial charge in [-0.15, -0.1) is 0 Å². The second kappa shape index (κ2) is 8.55. The number of nitrogens with one attached hydrogen (secondary N) is 1. The lowest BCUT2D eigenvalue weighted by atomic mass is 9.96. The van der Waals surface area contributed by atoms with E-state index in [0.717, 1.165) is 23.0 Å². The molecule has 1 aliphatic heterocycles. The Labute approximate surface area is 193 Å². The lowest BCUT2D eigenvalue weighted by Gasteiger charge is -2.28. The van der Waals surface area contributed by atoms with Crippen molar-refractivity contribution in [2.24, 2.45) is 0 Å². The molecular weight excluding hydrogens is 414 g/mol. The first kappa shape index (κ1) is 20.4. The average Bonchev–Trinajstić information content (AvgIpc) is 3.30. The maximum atomic E-state index is 5.84. The summed E-state index contributed by atoms with van der Waals surface area (Å²) in [4.78, 5) is 11.3. The molecule has 0 aliphatic carbocycles. The van der Waals surface area contributed by atoms with Crippen LogP contribution in [0.1, 0.15) is 40.3 Å². The second-order valence-electron chi connectivity index (χ2n) is 8.11. The predicted octanol–water partition coefficient (Wildman–Crippen LogP) is 5.06. The lowest BCUT2D eigenvalue weighted by Crippen LogP contribution is -2.29. The van der Waals surface area contributed by atoms with E-state index in [-0.39, 0.29) is 12.1 Å². The number of thiocarbonyl (C=S) groups is 1. The number of hydrogen-bond donors (Lipinski definition) is 1. The number of nitrogens with zero attached hydrogens (tertiary/aromatic N) is 4. The molecule has 2 atom stereocenters. The van der Waals surface area contributed by atoms with Gasteiger partial charge >= 0.3 is 0 Å². The van der Waals surface area contributed by atoms with E-state index in [1.807, 2.05) is 36.7 Å². The van der Waals surface area contributed by atoms with E-state index in [2.05, 4.69) is 81.1 Å². The van der Waals surface area contributed by atoms with Crippen LogP contribution in [0.15, 0.2) is 85.3 Å². The van der Waals surface area contributed by atoms with Crippen molar-refractivity contribution in [3.05, 3.63) is 114 Å². The van der Waals surface area contributed by atoms with Gasteiger partial charge in [0, 0.05) is 30.3 Å². The van der Waals surface area contributed by atoms with Crippen LogP contribution in [0.5, 0.6) is 0 Å². The van der Waals surface area contributed by atoms with Crippen LogP contribution in [0.2, 0.25) is 0 Å². The first-order chi connectivity index (χ1) is 15.6. The Hall–Kier alpha value is -3.51. The fourth-order valence-corrected chi connectivity index (χ4v) is 4.97. The summed E-state index contributed by atoms with van der Waals surface area (Å²) in [5, 5.41) is 4.31. The minimum absolute atomic E-state index is 0.0224. The molecule has 0 amide bonds. The summed E-state index contributed by atoms with van der Waals surface area (Å²) in [5.74, 6) is 0. The molecule has 5 nitrogen and oxygen atoms in total. The first-order valence-corrected chi connectivity index (χ1v) is 11.2. The van der Waals surface area contributed by atoms with Crippen LogP contribution in [0.4, 0.5) is 0 Å². The minimum Gasteiger partial charge on any atom is -0.352 e. The van der Waals surface area contributed by atoms with Crippen LogP contribution in [-0.2, 0) is 6.54 Å². The third kappa shape index (κ3) is 3.67. The van der Waals surface area contributed by atoms with Crippen molar-refractivity contribution >= 4 is 17.3 Å². The zero-order valence-electron chi connectivity index (χ0n) is 18.1. The number of benzene rings is 1. The largest absolute Gasteiger partial charge is 0.352 e. The summed E-state index contributed by atoms with van der Waals surface area (Å²) >= 11 is 5.84. The van der Waals surface area contributed by atoms with E-state index in [9.17, 15) is 0 Å². The highest BCUT2D eigenvalue weighted by atomic mass is 32.1. The highest BCUT2D eigenvalue weighted by Crippen LogP contribution is 2.42. The van der Waals surface area contributed by atoms with Gasteiger partial charge in [-0.2, -0.15) is 0 Å². The molecule has 1 saturated heterocycles. The van der Waals surface area contributed by atoms with Crippen LogP contribution < -0.4 is 5.32 Å². The highest BCUT2D eigenvalue weighted by Gasteiger charge is 2.41. The number of hydrogen-bond acceptors (Lipinski definition) is 3. The molecule has 1 aromatic carbocycles. The molecule has 0 saturated carbocycles. The zero-order valence-corrected chi connectivity index (χ0v) is 19.0. The summed E-state index contributed by atoms with van der Waals surface area (Å²) < 4.78 is 2.26. The molecule has 1 aliphatic rings. The standard InChI is InChI=1S/C26H25N5S/c1-18-15-22(19(2)31(18)21-11-8-13-27-16-21)25-24(23-12-6-7-14-28-23)29-26(32)30(25)17-20-9-4-3-5-10-20/h3-16,24-25H,17H2,1-2H3,(H,29,32). The molecule has 2 unspecified atom stereocenters. The zero-order chi connectivity index (χ0) is 22.1. The Balaban J connectivity index is 1.62. The molecule has 1 N–H and O–H groups in total. The van der Waals surface area contributed by atoms with Gasteiger partial charge in [-0.25, -0.2) is 0 Å². The number of aryl methyl sites for hydroxylation is 1. The van der Waals surface area contributed by atoms with Crippen molar-refractivity contribution in [1.29, 1.82) is 0 Å². The van der Waals surface area contributed by atoms with E-state index >= 15 is 0 Å². The molecule has 160 valence electrons. The third-order valence-corrected chi connectivity index (χ3v) is 6.44. The fourth-order valence-electron chi connectivity index (χ4n) is 4.66. The van der Waals surface area contributed by atoms with Crippen molar-refractivity contribution in [2.45, 2.75) is 32.5 Å². The van der Waals surface area contributed by atoms with Crippen LogP contribution >= 0.6 is 12.2 Å². The van der Waals surface area contributed by atoms with Crippen molar-refractivity contribution in [3.63, 3.8) is 0 Å². The predicted molar refractivity (Wildman–Crippen MR) is 130 cm³/mol. The van der Waals surface area contributed by atoms with E-state index in [1.54, 1.807) is 6.20 Å². The third-order valence-electron chi connectivity index (χ3n) is 6.09. The Morgan fingerprint density at radius 1 is 0.969 bits per heavy atom. The number of pyridine rings is 2. The summed E-state index contributed by atoms with van der Waals surface area (Å²) in [6, 6.07) is 22.8. The Bertz CT molecular complexity index is 1220. The molecule has 0 radical (unpaired) electrons. The Morgan fingerprint density at radius 3 is 2.50 bits per heavy atom. The van der Waals surface area contributed by atoms with Crippen LogP contribution in [0.3, 0.4) is 0 Å². The van der Waals surface area contributed by atoms with E-state index in [4.69, 9.17) is 12.2 Å². The molecule has 0 bridgehead atoms. The van der Waals surface area contributed by atoms with Gasteiger partial charge in [-0.05, 0) is 67.5 Å². The van der Waals surface area contributed by atoms with Crippen LogP contribution in [0.25, 0.3) is 5.69 Å². The SMILES string of the molecule is Cc1cc(C2C(c3ccccn3)NC(=S)N2Cc2ccccc2)c(C)n1-c1cccnc1. The molecule has 5 rings (SSSR count). The van der Waals surface area contributed by atoms with Crippen molar-refractivity contribution in [1.82, 2.24) is 24.8 Å². The monoisotopic (exact) mass is 439 g/mol. The molecule has 32 heavy (non-hydrogen) atoms. The average molecular weight is 440 g/mol. The topological polar surface area (TPSA) is 46.0 Å².